The van der Waals surface area contributed by atoms with Gasteiger partial charge in [0.25, 0.3) is 0 Å². The number of nitrogens with zero attached hydrogens (tertiary/aromatic N) is 2. The molecule has 0 radical (unpaired) electrons. The Morgan fingerprint density at radius 2 is 1.81 bits per heavy atom. The van der Waals surface area contributed by atoms with Gasteiger partial charge in [0, 0.05) is 43.7 Å². The number of fused-ring (bicyclic) bond motifs is 5. The molecule has 1 saturated heterocycles. The highest BCUT2D eigenvalue weighted by atomic mass is 35.5. The summed E-state index contributed by atoms with van der Waals surface area (Å²) < 4.78 is 17.1. The van der Waals surface area contributed by atoms with Gasteiger partial charge in [-0.3, -0.25) is 9.80 Å². The maximum Gasteiger partial charge on any atom is 0.339 e. The molecule has 0 spiro atoms. The number of ether oxygens (including phenoxy) is 2. The van der Waals surface area contributed by atoms with Crippen molar-refractivity contribution in [2.45, 2.75) is 25.8 Å². The largest absolute Gasteiger partial charge is 0.476 e. The molecule has 6 nitrogen and oxygen atoms in total. The van der Waals surface area contributed by atoms with Gasteiger partial charge in [0.05, 0.1) is 23.8 Å². The predicted octanol–water partition coefficient (Wildman–Crippen LogP) is 2.42. The summed E-state index contributed by atoms with van der Waals surface area (Å²) in [6.45, 7) is 6.59. The van der Waals surface area contributed by atoms with Gasteiger partial charge in [-0.05, 0) is 30.9 Å². The predicted molar refractivity (Wildman–Crippen MR) is 103 cm³/mol. The lowest BCUT2D eigenvalue weighted by Gasteiger charge is -2.33. The highest BCUT2D eigenvalue weighted by molar-refractivity contribution is 6.33. The van der Waals surface area contributed by atoms with Crippen LogP contribution >= 0.6 is 11.6 Å². The molecule has 0 saturated carbocycles. The molecule has 5 rings (SSSR count). The summed E-state index contributed by atoms with van der Waals surface area (Å²) in [6, 6.07) is 1.91. The van der Waals surface area contributed by atoms with Gasteiger partial charge in [-0.15, -0.1) is 0 Å². The van der Waals surface area contributed by atoms with Crippen LogP contribution in [0, 0.1) is 0 Å². The second-order valence-corrected chi connectivity index (χ2v) is 7.93. The van der Waals surface area contributed by atoms with Crippen LogP contribution in [-0.4, -0.2) is 55.9 Å². The van der Waals surface area contributed by atoms with Crippen LogP contribution in [-0.2, 0) is 24.1 Å². The van der Waals surface area contributed by atoms with E-state index in [0.717, 1.165) is 80.7 Å². The maximum atomic E-state index is 12.4. The van der Waals surface area contributed by atoms with Gasteiger partial charge >= 0.3 is 5.63 Å². The van der Waals surface area contributed by atoms with Crippen LogP contribution in [0.3, 0.4) is 0 Å². The van der Waals surface area contributed by atoms with E-state index < -0.39 is 0 Å². The Kier molecular flexibility index (Phi) is 4.60. The van der Waals surface area contributed by atoms with Gasteiger partial charge in [0.2, 0.25) is 0 Å². The third-order valence-corrected chi connectivity index (χ3v) is 6.15. The standard InChI is InChI=1S/C20H23ClN2O4/c21-17-10-15-13-2-1-3-14(13)20(24)27-18(15)16-11-23(12-26-19(16)17)5-4-22-6-8-25-9-7-22/h10H,1-9,11-12H2. The Morgan fingerprint density at radius 1 is 1.04 bits per heavy atom. The number of hydrogen-bond donors (Lipinski definition) is 0. The van der Waals surface area contributed by atoms with Crippen LogP contribution in [0.1, 0.15) is 23.1 Å². The fourth-order valence-corrected chi connectivity index (χ4v) is 4.68. The van der Waals surface area contributed by atoms with Crippen molar-refractivity contribution >= 4 is 22.6 Å². The summed E-state index contributed by atoms with van der Waals surface area (Å²) in [5.74, 6) is 0.660. The highest BCUT2D eigenvalue weighted by Crippen LogP contribution is 2.40. The van der Waals surface area contributed by atoms with E-state index in [9.17, 15) is 4.79 Å². The van der Waals surface area contributed by atoms with Gasteiger partial charge in [-0.2, -0.15) is 0 Å². The molecule has 1 aliphatic carbocycles. The van der Waals surface area contributed by atoms with Crippen molar-refractivity contribution in [3.63, 3.8) is 0 Å². The smallest absolute Gasteiger partial charge is 0.339 e. The van der Waals surface area contributed by atoms with Gasteiger partial charge in [0.15, 0.2) is 0 Å². The minimum absolute atomic E-state index is 0.204. The van der Waals surface area contributed by atoms with E-state index in [1.165, 1.54) is 0 Å². The first kappa shape index (κ1) is 17.5. The molecule has 1 aromatic carbocycles. The molecule has 0 N–H and O–H groups in total. The molecule has 2 aromatic rings. The zero-order valence-corrected chi connectivity index (χ0v) is 16.0. The SMILES string of the molecule is O=c1oc2c3c(c(Cl)cc2c2c1CCC2)OCN(CCN1CCOCC1)C3. The second-order valence-electron chi connectivity index (χ2n) is 7.52. The molecule has 144 valence electrons. The number of morpholine rings is 1. The Labute approximate surface area is 162 Å². The average Bonchev–Trinajstić information content (AvgIpc) is 3.19. The van der Waals surface area contributed by atoms with Crippen molar-refractivity contribution in [3.8, 4) is 5.75 Å². The molecular weight excluding hydrogens is 368 g/mol. The number of benzene rings is 1. The van der Waals surface area contributed by atoms with E-state index in [0.29, 0.717) is 29.6 Å². The van der Waals surface area contributed by atoms with Crippen molar-refractivity contribution in [2.24, 2.45) is 0 Å². The fourth-order valence-electron chi connectivity index (χ4n) is 4.40. The molecular formula is C20H23ClN2O4. The van der Waals surface area contributed by atoms with E-state index in [1.807, 2.05) is 6.07 Å². The molecule has 0 unspecified atom stereocenters. The van der Waals surface area contributed by atoms with Crippen molar-refractivity contribution in [3.05, 3.63) is 38.2 Å². The summed E-state index contributed by atoms with van der Waals surface area (Å²) in [4.78, 5) is 17.1. The maximum absolute atomic E-state index is 12.4. The molecule has 27 heavy (non-hydrogen) atoms. The van der Waals surface area contributed by atoms with Crippen LogP contribution < -0.4 is 10.4 Å². The topological polar surface area (TPSA) is 55.2 Å². The van der Waals surface area contributed by atoms with Crippen molar-refractivity contribution in [1.82, 2.24) is 9.80 Å². The third kappa shape index (κ3) is 3.14. The highest BCUT2D eigenvalue weighted by Gasteiger charge is 2.28. The number of rotatable bonds is 3. The zero-order chi connectivity index (χ0) is 18.4. The van der Waals surface area contributed by atoms with Crippen molar-refractivity contribution < 1.29 is 13.9 Å². The lowest BCUT2D eigenvalue weighted by atomic mass is 10.0. The number of hydrogen-bond acceptors (Lipinski definition) is 6. The Morgan fingerprint density at radius 3 is 2.67 bits per heavy atom. The van der Waals surface area contributed by atoms with Crippen LogP contribution in [0.15, 0.2) is 15.3 Å². The number of halogens is 1. The summed E-state index contributed by atoms with van der Waals surface area (Å²) in [5.41, 5.74) is 3.27. The minimum atomic E-state index is -0.204. The fraction of sp³-hybridized carbons (Fsp3) is 0.550. The lowest BCUT2D eigenvalue weighted by Crippen LogP contribution is -2.43. The molecule has 1 aromatic heterocycles. The van der Waals surface area contributed by atoms with Crippen LogP contribution in [0.2, 0.25) is 5.02 Å². The summed E-state index contributed by atoms with van der Waals surface area (Å²) in [7, 11) is 0. The Balaban J connectivity index is 1.46. The first-order chi connectivity index (χ1) is 13.2. The quantitative estimate of drug-likeness (QED) is 0.750. The summed E-state index contributed by atoms with van der Waals surface area (Å²) in [5, 5.41) is 1.58. The molecule has 0 amide bonds. The van der Waals surface area contributed by atoms with Gasteiger partial charge < -0.3 is 13.9 Å². The van der Waals surface area contributed by atoms with Crippen molar-refractivity contribution in [2.75, 3.05) is 46.1 Å². The molecule has 1 fully saturated rings. The lowest BCUT2D eigenvalue weighted by molar-refractivity contribution is 0.0241. The first-order valence-corrected chi connectivity index (χ1v) is 10.0. The average molecular weight is 391 g/mol. The van der Waals surface area contributed by atoms with Crippen molar-refractivity contribution in [1.29, 1.82) is 0 Å². The van der Waals surface area contributed by atoms with E-state index in [4.69, 9.17) is 25.5 Å². The normalized spacial score (nSPS) is 20.5. The third-order valence-electron chi connectivity index (χ3n) is 5.87. The van der Waals surface area contributed by atoms with E-state index in [2.05, 4.69) is 9.80 Å². The monoisotopic (exact) mass is 390 g/mol. The van der Waals surface area contributed by atoms with Gasteiger partial charge in [-0.1, -0.05) is 11.6 Å². The molecule has 0 atom stereocenters. The molecule has 0 bridgehead atoms. The zero-order valence-electron chi connectivity index (χ0n) is 15.3. The van der Waals surface area contributed by atoms with Crippen LogP contribution in [0.25, 0.3) is 11.0 Å². The minimum Gasteiger partial charge on any atom is -0.476 e. The molecule has 3 heterocycles. The molecule has 2 aliphatic heterocycles. The van der Waals surface area contributed by atoms with E-state index in [-0.39, 0.29) is 5.63 Å². The van der Waals surface area contributed by atoms with Crippen LogP contribution in [0.4, 0.5) is 0 Å². The Hall–Kier alpha value is -1.60. The number of aryl methyl sites for hydroxylation is 1. The first-order valence-electron chi connectivity index (χ1n) is 9.66. The Bertz CT molecular complexity index is 936. The van der Waals surface area contributed by atoms with Crippen LogP contribution in [0.5, 0.6) is 5.75 Å². The molecule has 7 heteroatoms. The summed E-state index contributed by atoms with van der Waals surface area (Å²) >= 11 is 6.52. The summed E-state index contributed by atoms with van der Waals surface area (Å²) in [6.07, 6.45) is 2.70. The second kappa shape index (κ2) is 7.09. The van der Waals surface area contributed by atoms with E-state index in [1.54, 1.807) is 0 Å². The molecule has 3 aliphatic rings. The van der Waals surface area contributed by atoms with Gasteiger partial charge in [-0.25, -0.2) is 4.79 Å². The van der Waals surface area contributed by atoms with E-state index >= 15 is 0 Å². The van der Waals surface area contributed by atoms with Gasteiger partial charge in [0.1, 0.15) is 18.1 Å².